The predicted molar refractivity (Wildman–Crippen MR) is 96.3 cm³/mol. The second-order valence-electron chi connectivity index (χ2n) is 6.86. The normalized spacial score (nSPS) is 18.0. The lowest BCUT2D eigenvalue weighted by molar-refractivity contribution is -0.133. The number of aromatic amines is 1. The van der Waals surface area contributed by atoms with E-state index in [-0.39, 0.29) is 5.91 Å². The minimum Gasteiger partial charge on any atom is -0.346 e. The number of aryl methyl sites for hydroxylation is 2. The van der Waals surface area contributed by atoms with E-state index in [1.54, 1.807) is 0 Å². The quantitative estimate of drug-likeness (QED) is 0.799. The van der Waals surface area contributed by atoms with Gasteiger partial charge in [0, 0.05) is 30.9 Å². The number of hydrogen-bond donors (Lipinski definition) is 1. The van der Waals surface area contributed by atoms with Crippen LogP contribution in [0.3, 0.4) is 0 Å². The highest BCUT2D eigenvalue weighted by molar-refractivity contribution is 5.81. The van der Waals surface area contributed by atoms with Crippen LogP contribution in [0.5, 0.6) is 0 Å². The summed E-state index contributed by atoms with van der Waals surface area (Å²) in [4.78, 5) is 27.2. The molecule has 0 saturated carbocycles. The summed E-state index contributed by atoms with van der Waals surface area (Å²) in [5, 5.41) is 0. The van der Waals surface area contributed by atoms with Crippen molar-refractivity contribution in [1.29, 1.82) is 0 Å². The van der Waals surface area contributed by atoms with Gasteiger partial charge in [0.1, 0.15) is 18.2 Å². The first-order valence-electron chi connectivity index (χ1n) is 8.83. The summed E-state index contributed by atoms with van der Waals surface area (Å²) in [6, 6.07) is 7.97. The van der Waals surface area contributed by atoms with Gasteiger partial charge in [0.05, 0.1) is 11.0 Å². The van der Waals surface area contributed by atoms with Crippen molar-refractivity contribution in [3.63, 3.8) is 0 Å². The van der Waals surface area contributed by atoms with E-state index in [2.05, 4.69) is 15.0 Å². The molecule has 0 bridgehead atoms. The Morgan fingerprint density at radius 1 is 1.32 bits per heavy atom. The van der Waals surface area contributed by atoms with E-state index in [0.29, 0.717) is 12.5 Å². The molecule has 3 heterocycles. The van der Waals surface area contributed by atoms with Gasteiger partial charge in [-0.2, -0.15) is 0 Å². The van der Waals surface area contributed by atoms with E-state index in [0.717, 1.165) is 54.3 Å². The highest BCUT2D eigenvalue weighted by Crippen LogP contribution is 2.25. The van der Waals surface area contributed by atoms with E-state index in [1.807, 2.05) is 53.8 Å². The zero-order valence-corrected chi connectivity index (χ0v) is 14.7. The molecule has 1 aromatic carbocycles. The van der Waals surface area contributed by atoms with E-state index in [4.69, 9.17) is 0 Å². The van der Waals surface area contributed by atoms with Crippen LogP contribution in [0.15, 0.2) is 30.5 Å². The third-order valence-corrected chi connectivity index (χ3v) is 5.02. The van der Waals surface area contributed by atoms with Gasteiger partial charge in [-0.25, -0.2) is 9.97 Å². The van der Waals surface area contributed by atoms with Crippen LogP contribution in [0.25, 0.3) is 11.0 Å². The molecule has 1 N–H and O–H groups in total. The number of amides is 1. The maximum absolute atomic E-state index is 12.9. The summed E-state index contributed by atoms with van der Waals surface area (Å²) < 4.78 is 2.01. The Morgan fingerprint density at radius 2 is 2.16 bits per heavy atom. The van der Waals surface area contributed by atoms with Gasteiger partial charge in [-0.15, -0.1) is 0 Å². The van der Waals surface area contributed by atoms with Gasteiger partial charge in [-0.3, -0.25) is 4.79 Å². The van der Waals surface area contributed by atoms with E-state index >= 15 is 0 Å². The highest BCUT2D eigenvalue weighted by Gasteiger charge is 2.27. The van der Waals surface area contributed by atoms with Gasteiger partial charge in [0.25, 0.3) is 0 Å². The molecule has 130 valence electrons. The molecule has 1 amide bonds. The third-order valence-electron chi connectivity index (χ3n) is 5.02. The van der Waals surface area contributed by atoms with Crippen molar-refractivity contribution in [3.05, 3.63) is 47.8 Å². The van der Waals surface area contributed by atoms with E-state index in [1.165, 1.54) is 0 Å². The Balaban J connectivity index is 1.51. The lowest BCUT2D eigenvalue weighted by atomic mass is 9.97. The number of piperidine rings is 1. The fourth-order valence-electron chi connectivity index (χ4n) is 3.70. The molecule has 6 heteroatoms. The van der Waals surface area contributed by atoms with Gasteiger partial charge in [-0.05, 0) is 38.8 Å². The Morgan fingerprint density at radius 3 is 2.96 bits per heavy atom. The van der Waals surface area contributed by atoms with Gasteiger partial charge >= 0.3 is 0 Å². The number of rotatable bonds is 3. The van der Waals surface area contributed by atoms with Crippen molar-refractivity contribution in [2.45, 2.75) is 39.2 Å². The third kappa shape index (κ3) is 3.04. The van der Waals surface area contributed by atoms with Crippen molar-refractivity contribution < 1.29 is 4.79 Å². The van der Waals surface area contributed by atoms with Gasteiger partial charge in [0.2, 0.25) is 5.91 Å². The Kier molecular flexibility index (Phi) is 4.03. The first-order chi connectivity index (χ1) is 12.1. The first-order valence-corrected chi connectivity index (χ1v) is 8.83. The molecular formula is C19H23N5O. The number of fused-ring (bicyclic) bond motifs is 1. The van der Waals surface area contributed by atoms with Gasteiger partial charge in [0.15, 0.2) is 0 Å². The standard InChI is InChI=1S/C19H23N5O/c1-13-10-20-19(21-13)15-6-5-9-23(11-15)18(25)12-24-14(2)22-16-7-3-4-8-17(16)24/h3-4,7-8,10,15H,5-6,9,11-12H2,1-2H3,(H,20,21)/t15-/m0/s1. The van der Waals surface area contributed by atoms with Crippen molar-refractivity contribution >= 4 is 16.9 Å². The average Bonchev–Trinajstić information content (AvgIpc) is 3.19. The number of likely N-dealkylation sites (tertiary alicyclic amines) is 1. The van der Waals surface area contributed by atoms with Crippen molar-refractivity contribution in [1.82, 2.24) is 24.4 Å². The number of nitrogens with zero attached hydrogens (tertiary/aromatic N) is 4. The topological polar surface area (TPSA) is 66.8 Å². The number of imidazole rings is 2. The average molecular weight is 337 g/mol. The fourth-order valence-corrected chi connectivity index (χ4v) is 3.70. The number of hydrogen-bond acceptors (Lipinski definition) is 3. The molecule has 1 saturated heterocycles. The second kappa shape index (κ2) is 6.35. The number of aromatic nitrogens is 4. The van der Waals surface area contributed by atoms with Crippen LogP contribution in [0.4, 0.5) is 0 Å². The zero-order chi connectivity index (χ0) is 17.4. The second-order valence-corrected chi connectivity index (χ2v) is 6.86. The smallest absolute Gasteiger partial charge is 0.242 e. The van der Waals surface area contributed by atoms with Gasteiger partial charge in [-0.1, -0.05) is 12.1 Å². The van der Waals surface area contributed by atoms with E-state index < -0.39 is 0 Å². The molecule has 3 aromatic rings. The first kappa shape index (κ1) is 15.9. The van der Waals surface area contributed by atoms with Gasteiger partial charge < -0.3 is 14.5 Å². The maximum atomic E-state index is 12.9. The summed E-state index contributed by atoms with van der Waals surface area (Å²) in [6.45, 7) is 5.86. The lowest BCUT2D eigenvalue weighted by Crippen LogP contribution is -2.41. The number of nitrogens with one attached hydrogen (secondary N) is 1. The lowest BCUT2D eigenvalue weighted by Gasteiger charge is -2.32. The molecule has 0 aliphatic carbocycles. The Hall–Kier alpha value is -2.63. The Bertz CT molecular complexity index is 910. The monoisotopic (exact) mass is 337 g/mol. The van der Waals surface area contributed by atoms with Crippen LogP contribution >= 0.6 is 0 Å². The summed E-state index contributed by atoms with van der Waals surface area (Å²) in [5.74, 6) is 2.33. The predicted octanol–water partition coefficient (Wildman–Crippen LogP) is 2.78. The van der Waals surface area contributed by atoms with E-state index in [9.17, 15) is 4.79 Å². The molecule has 25 heavy (non-hydrogen) atoms. The van der Waals surface area contributed by atoms with Crippen LogP contribution in [0.2, 0.25) is 0 Å². The molecule has 1 atom stereocenters. The molecule has 1 fully saturated rings. The molecule has 0 unspecified atom stereocenters. The maximum Gasteiger partial charge on any atom is 0.242 e. The number of carbonyl (C=O) groups is 1. The van der Waals surface area contributed by atoms with Crippen molar-refractivity contribution in [3.8, 4) is 0 Å². The zero-order valence-electron chi connectivity index (χ0n) is 14.7. The number of benzene rings is 1. The van der Waals surface area contributed by atoms with Crippen molar-refractivity contribution in [2.24, 2.45) is 0 Å². The molecule has 4 rings (SSSR count). The molecule has 0 spiro atoms. The van der Waals surface area contributed by atoms with Crippen molar-refractivity contribution in [2.75, 3.05) is 13.1 Å². The summed E-state index contributed by atoms with van der Waals surface area (Å²) >= 11 is 0. The molecule has 1 aliphatic rings. The Labute approximate surface area is 146 Å². The van der Waals surface area contributed by atoms with Crippen LogP contribution < -0.4 is 0 Å². The number of H-pyrrole nitrogens is 1. The molecule has 2 aromatic heterocycles. The SMILES string of the molecule is Cc1cnc([C@H]2CCCN(C(=O)Cn3c(C)nc4ccccc43)C2)[nH]1. The minimum absolute atomic E-state index is 0.152. The number of para-hydroxylation sites is 2. The number of carbonyl (C=O) groups excluding carboxylic acids is 1. The highest BCUT2D eigenvalue weighted by atomic mass is 16.2. The molecule has 1 aliphatic heterocycles. The molecule has 0 radical (unpaired) electrons. The minimum atomic E-state index is 0.152. The molecular weight excluding hydrogens is 314 g/mol. The summed E-state index contributed by atoms with van der Waals surface area (Å²) in [6.07, 6.45) is 3.95. The fraction of sp³-hybridized carbons (Fsp3) is 0.421. The van der Waals surface area contributed by atoms with Crippen LogP contribution in [-0.2, 0) is 11.3 Å². The summed E-state index contributed by atoms with van der Waals surface area (Å²) in [7, 11) is 0. The van der Waals surface area contributed by atoms with Crippen LogP contribution in [0.1, 0.15) is 36.1 Å². The van der Waals surface area contributed by atoms with Crippen LogP contribution in [-0.4, -0.2) is 43.4 Å². The largest absolute Gasteiger partial charge is 0.346 e. The molecule has 6 nitrogen and oxygen atoms in total. The summed E-state index contributed by atoms with van der Waals surface area (Å²) in [5.41, 5.74) is 3.03. The van der Waals surface area contributed by atoms with Crippen LogP contribution in [0, 0.1) is 13.8 Å².